The van der Waals surface area contributed by atoms with E-state index < -0.39 is 16.8 Å². The highest BCUT2D eigenvalue weighted by Gasteiger charge is 2.37. The number of piperidine rings is 1. The predicted molar refractivity (Wildman–Crippen MR) is 152 cm³/mol. The van der Waals surface area contributed by atoms with E-state index >= 15 is 0 Å². The minimum atomic E-state index is -0.524. The number of amides is 1. The second kappa shape index (κ2) is 16.3. The average Bonchev–Trinajstić information content (AvgIpc) is 2.77. The van der Waals surface area contributed by atoms with E-state index in [-0.39, 0.29) is 23.9 Å². The molecule has 222 valence electrons. The topological polar surface area (TPSA) is 82.1 Å². The van der Waals surface area contributed by atoms with Gasteiger partial charge in [0.2, 0.25) is 0 Å². The Morgan fingerprint density at radius 3 is 1.34 bits per heavy atom. The SMILES string of the molecule is CC(C)(C)OC(=O)CCCCCCCCCCCCC(=O)OC(C)(C)C1CCN(C(=O)OC(C)(C)C)CC1. The molecule has 1 rings (SSSR count). The van der Waals surface area contributed by atoms with Gasteiger partial charge >= 0.3 is 18.0 Å². The van der Waals surface area contributed by atoms with Crippen LogP contribution in [0.25, 0.3) is 0 Å². The van der Waals surface area contributed by atoms with Crippen LogP contribution in [0.4, 0.5) is 4.79 Å². The Morgan fingerprint density at radius 2 is 0.947 bits per heavy atom. The van der Waals surface area contributed by atoms with Gasteiger partial charge in [-0.15, -0.1) is 0 Å². The molecule has 1 aliphatic rings. The first kappa shape index (κ1) is 34.2. The fraction of sp³-hybridized carbons (Fsp3) is 0.903. The summed E-state index contributed by atoms with van der Waals surface area (Å²) in [6.07, 6.45) is 13.5. The van der Waals surface area contributed by atoms with Gasteiger partial charge in [0.25, 0.3) is 0 Å². The Hall–Kier alpha value is -1.79. The molecule has 7 heteroatoms. The van der Waals surface area contributed by atoms with Gasteiger partial charge in [-0.3, -0.25) is 9.59 Å². The molecule has 0 unspecified atom stereocenters. The van der Waals surface area contributed by atoms with Crippen LogP contribution < -0.4 is 0 Å². The van der Waals surface area contributed by atoms with Crippen molar-refractivity contribution in [3.8, 4) is 0 Å². The predicted octanol–water partition coefficient (Wildman–Crippen LogP) is 7.98. The number of hydrogen-bond donors (Lipinski definition) is 0. The van der Waals surface area contributed by atoms with Crippen LogP contribution in [0.1, 0.15) is 145 Å². The van der Waals surface area contributed by atoms with Gasteiger partial charge in [-0.2, -0.15) is 0 Å². The number of esters is 2. The highest BCUT2D eigenvalue weighted by Crippen LogP contribution is 2.32. The molecule has 0 spiro atoms. The third-order valence-electron chi connectivity index (χ3n) is 6.94. The maximum absolute atomic E-state index is 12.5. The Morgan fingerprint density at radius 1 is 0.579 bits per heavy atom. The zero-order chi connectivity index (χ0) is 28.8. The molecule has 38 heavy (non-hydrogen) atoms. The minimum absolute atomic E-state index is 0.0921. The van der Waals surface area contributed by atoms with Crippen LogP contribution in [0.3, 0.4) is 0 Å². The lowest BCUT2D eigenvalue weighted by molar-refractivity contribution is -0.163. The van der Waals surface area contributed by atoms with Crippen molar-refractivity contribution in [3.05, 3.63) is 0 Å². The van der Waals surface area contributed by atoms with Crippen molar-refractivity contribution < 1.29 is 28.6 Å². The highest BCUT2D eigenvalue weighted by molar-refractivity contribution is 5.70. The molecule has 1 heterocycles. The number of hydrogen-bond acceptors (Lipinski definition) is 6. The van der Waals surface area contributed by atoms with Crippen LogP contribution in [0.2, 0.25) is 0 Å². The average molecular weight is 540 g/mol. The van der Waals surface area contributed by atoms with Gasteiger partial charge in [0, 0.05) is 31.8 Å². The Kier molecular flexibility index (Phi) is 14.7. The molecule has 1 amide bonds. The zero-order valence-electron chi connectivity index (χ0n) is 25.8. The second-order valence-corrected chi connectivity index (χ2v) is 13.4. The van der Waals surface area contributed by atoms with Crippen molar-refractivity contribution in [2.45, 2.75) is 162 Å². The fourth-order valence-electron chi connectivity index (χ4n) is 4.86. The first-order valence-corrected chi connectivity index (χ1v) is 15.0. The Labute approximate surface area is 232 Å². The molecule has 0 atom stereocenters. The molecule has 1 fully saturated rings. The first-order chi connectivity index (χ1) is 17.6. The maximum Gasteiger partial charge on any atom is 0.410 e. The molecular weight excluding hydrogens is 482 g/mol. The minimum Gasteiger partial charge on any atom is -0.460 e. The summed E-state index contributed by atoms with van der Waals surface area (Å²) in [5, 5.41) is 0. The summed E-state index contributed by atoms with van der Waals surface area (Å²) >= 11 is 0. The van der Waals surface area contributed by atoms with Gasteiger partial charge in [0.05, 0.1) is 0 Å². The molecule has 0 aromatic carbocycles. The van der Waals surface area contributed by atoms with E-state index in [1.807, 2.05) is 55.4 Å². The molecule has 0 N–H and O–H groups in total. The van der Waals surface area contributed by atoms with Gasteiger partial charge in [-0.1, -0.05) is 51.4 Å². The van der Waals surface area contributed by atoms with Crippen molar-refractivity contribution >= 4 is 18.0 Å². The summed E-state index contributed by atoms with van der Waals surface area (Å²) in [6.45, 7) is 16.6. The van der Waals surface area contributed by atoms with E-state index in [2.05, 4.69) is 0 Å². The normalized spacial score (nSPS) is 15.3. The van der Waals surface area contributed by atoms with Gasteiger partial charge < -0.3 is 19.1 Å². The number of likely N-dealkylation sites (tertiary alicyclic amines) is 1. The smallest absolute Gasteiger partial charge is 0.410 e. The van der Waals surface area contributed by atoms with Gasteiger partial charge in [-0.25, -0.2) is 4.79 Å². The van der Waals surface area contributed by atoms with Crippen LogP contribution in [0.5, 0.6) is 0 Å². The molecule has 0 aromatic heterocycles. The number of nitrogens with zero attached hydrogens (tertiary/aromatic N) is 1. The van der Waals surface area contributed by atoms with E-state index in [4.69, 9.17) is 14.2 Å². The summed E-state index contributed by atoms with van der Waals surface area (Å²) in [5.74, 6) is 0.0314. The third kappa shape index (κ3) is 16.2. The van der Waals surface area contributed by atoms with Crippen LogP contribution >= 0.6 is 0 Å². The molecule has 0 aromatic rings. The summed E-state index contributed by atoms with van der Waals surface area (Å²) in [7, 11) is 0. The van der Waals surface area contributed by atoms with Crippen LogP contribution in [0, 0.1) is 5.92 Å². The molecule has 1 saturated heterocycles. The molecule has 1 aliphatic heterocycles. The first-order valence-electron chi connectivity index (χ1n) is 15.0. The maximum atomic E-state index is 12.5. The number of carbonyl (C=O) groups is 3. The van der Waals surface area contributed by atoms with Gasteiger partial charge in [-0.05, 0) is 81.1 Å². The lowest BCUT2D eigenvalue weighted by Gasteiger charge is -2.40. The van der Waals surface area contributed by atoms with Crippen LogP contribution in [-0.2, 0) is 23.8 Å². The summed E-state index contributed by atoms with van der Waals surface area (Å²) in [4.78, 5) is 38.2. The molecule has 0 bridgehead atoms. The van der Waals surface area contributed by atoms with Crippen molar-refractivity contribution in [3.63, 3.8) is 0 Å². The monoisotopic (exact) mass is 539 g/mol. The van der Waals surface area contributed by atoms with E-state index in [0.29, 0.717) is 25.9 Å². The molecule has 0 aliphatic carbocycles. The molecule has 7 nitrogen and oxygen atoms in total. The lowest BCUT2D eigenvalue weighted by atomic mass is 9.83. The zero-order valence-corrected chi connectivity index (χ0v) is 25.8. The second-order valence-electron chi connectivity index (χ2n) is 13.4. The van der Waals surface area contributed by atoms with Crippen molar-refractivity contribution in [1.82, 2.24) is 4.90 Å². The molecule has 0 saturated carbocycles. The van der Waals surface area contributed by atoms with Crippen LogP contribution in [0.15, 0.2) is 0 Å². The van der Waals surface area contributed by atoms with Crippen molar-refractivity contribution in [2.24, 2.45) is 5.92 Å². The number of rotatable bonds is 15. The van der Waals surface area contributed by atoms with Gasteiger partial charge in [0.1, 0.15) is 16.8 Å². The Balaban J connectivity index is 2.06. The van der Waals surface area contributed by atoms with E-state index in [1.54, 1.807) is 4.90 Å². The number of unbranched alkanes of at least 4 members (excludes halogenated alkanes) is 9. The van der Waals surface area contributed by atoms with Crippen molar-refractivity contribution in [2.75, 3.05) is 13.1 Å². The molecular formula is C31H57NO6. The standard InChI is InChI=1S/C31H57NO6/c1-29(2,3)36-26(33)19-17-15-13-11-9-10-12-14-16-18-20-27(34)37-31(7,8)25-21-23-32(24-22-25)28(35)38-30(4,5)6/h25H,9-24H2,1-8H3. The van der Waals surface area contributed by atoms with Gasteiger partial charge in [0.15, 0.2) is 0 Å². The van der Waals surface area contributed by atoms with Crippen LogP contribution in [-0.4, -0.2) is 52.8 Å². The number of carbonyl (C=O) groups excluding carboxylic acids is 3. The largest absolute Gasteiger partial charge is 0.460 e. The third-order valence-corrected chi connectivity index (χ3v) is 6.94. The quantitative estimate of drug-likeness (QED) is 0.119. The lowest BCUT2D eigenvalue weighted by Crippen LogP contribution is -2.47. The fourth-order valence-corrected chi connectivity index (χ4v) is 4.86. The van der Waals surface area contributed by atoms with E-state index in [0.717, 1.165) is 44.9 Å². The summed E-state index contributed by atoms with van der Waals surface area (Å²) in [6, 6.07) is 0. The number of ether oxygens (including phenoxy) is 3. The van der Waals surface area contributed by atoms with E-state index in [9.17, 15) is 14.4 Å². The van der Waals surface area contributed by atoms with Crippen molar-refractivity contribution in [1.29, 1.82) is 0 Å². The Bertz CT molecular complexity index is 711. The summed E-state index contributed by atoms with van der Waals surface area (Å²) in [5.41, 5.74) is -1.41. The molecule has 0 radical (unpaired) electrons. The highest BCUT2D eigenvalue weighted by atomic mass is 16.6. The van der Waals surface area contributed by atoms with E-state index in [1.165, 1.54) is 32.1 Å². The summed E-state index contributed by atoms with van der Waals surface area (Å²) < 4.78 is 16.7.